The normalized spacial score (nSPS) is 12.6. The van der Waals surface area contributed by atoms with Crippen LogP contribution in [-0.2, 0) is 13.1 Å². The van der Waals surface area contributed by atoms with Crippen molar-refractivity contribution in [1.82, 2.24) is 25.4 Å². The van der Waals surface area contributed by atoms with Crippen LogP contribution in [0.15, 0.2) is 35.8 Å². The van der Waals surface area contributed by atoms with Gasteiger partial charge in [0.25, 0.3) is 0 Å². The van der Waals surface area contributed by atoms with Crippen molar-refractivity contribution in [1.29, 1.82) is 0 Å². The number of aliphatic imine (C=N–C) groups is 1. The van der Waals surface area contributed by atoms with Crippen LogP contribution in [0.3, 0.4) is 0 Å². The van der Waals surface area contributed by atoms with Crippen molar-refractivity contribution in [2.24, 2.45) is 4.99 Å². The van der Waals surface area contributed by atoms with E-state index in [-0.39, 0.29) is 24.0 Å². The Morgan fingerprint density at radius 1 is 1.16 bits per heavy atom. The summed E-state index contributed by atoms with van der Waals surface area (Å²) in [5.41, 5.74) is 1.12. The predicted octanol–water partition coefficient (Wildman–Crippen LogP) is 1.77. The van der Waals surface area contributed by atoms with Crippen molar-refractivity contribution >= 4 is 29.9 Å². The highest BCUT2D eigenvalue weighted by molar-refractivity contribution is 14.0. The molecule has 9 heteroatoms. The van der Waals surface area contributed by atoms with E-state index >= 15 is 0 Å². The fourth-order valence-corrected chi connectivity index (χ4v) is 2.42. The van der Waals surface area contributed by atoms with E-state index in [2.05, 4.69) is 25.8 Å². The molecule has 25 heavy (non-hydrogen) atoms. The van der Waals surface area contributed by atoms with Crippen LogP contribution in [0.5, 0.6) is 11.5 Å². The number of hydrogen-bond donors (Lipinski definition) is 2. The Kier molecular flexibility index (Phi) is 7.76. The fourth-order valence-electron chi connectivity index (χ4n) is 2.42. The maximum atomic E-state index is 5.39. The molecule has 0 saturated heterocycles. The molecule has 0 spiro atoms. The largest absolute Gasteiger partial charge is 0.454 e. The summed E-state index contributed by atoms with van der Waals surface area (Å²) < 4.78 is 12.7. The first-order valence-electron chi connectivity index (χ1n) is 8.00. The maximum Gasteiger partial charge on any atom is 0.231 e. The highest BCUT2D eigenvalue weighted by Crippen LogP contribution is 2.32. The van der Waals surface area contributed by atoms with Gasteiger partial charge in [-0.15, -0.1) is 34.2 Å². The number of guanidine groups is 1. The summed E-state index contributed by atoms with van der Waals surface area (Å²) in [6, 6.07) is 5.94. The lowest BCUT2D eigenvalue weighted by atomic mass is 10.2. The molecule has 8 nitrogen and oxygen atoms in total. The summed E-state index contributed by atoms with van der Waals surface area (Å²) >= 11 is 0. The summed E-state index contributed by atoms with van der Waals surface area (Å²) in [5.74, 6) is 2.39. The molecule has 1 aliphatic heterocycles. The quantitative estimate of drug-likeness (QED) is 0.285. The Balaban J connectivity index is 0.00000225. The lowest BCUT2D eigenvalue weighted by molar-refractivity contribution is 0.174. The summed E-state index contributed by atoms with van der Waals surface area (Å²) in [7, 11) is 1.77. The van der Waals surface area contributed by atoms with E-state index < -0.39 is 0 Å². The van der Waals surface area contributed by atoms with E-state index in [4.69, 9.17) is 9.47 Å². The molecule has 0 fully saturated rings. The zero-order valence-electron chi connectivity index (χ0n) is 14.1. The van der Waals surface area contributed by atoms with Crippen LogP contribution in [0.2, 0.25) is 0 Å². The van der Waals surface area contributed by atoms with Crippen molar-refractivity contribution in [3.05, 3.63) is 36.4 Å². The molecule has 0 saturated carbocycles. The van der Waals surface area contributed by atoms with Gasteiger partial charge in [0.05, 0.1) is 0 Å². The lowest BCUT2D eigenvalue weighted by Crippen LogP contribution is -2.37. The zero-order valence-corrected chi connectivity index (χ0v) is 16.5. The molecule has 0 unspecified atom stereocenters. The van der Waals surface area contributed by atoms with Crippen LogP contribution < -0.4 is 20.1 Å². The lowest BCUT2D eigenvalue weighted by Gasteiger charge is -2.12. The van der Waals surface area contributed by atoms with Gasteiger partial charge in [-0.2, -0.15) is 0 Å². The highest BCUT2D eigenvalue weighted by Gasteiger charge is 2.13. The molecule has 2 aromatic rings. The van der Waals surface area contributed by atoms with Gasteiger partial charge in [-0.3, -0.25) is 4.99 Å². The van der Waals surface area contributed by atoms with Gasteiger partial charge in [-0.25, -0.2) is 0 Å². The Labute approximate surface area is 164 Å². The minimum Gasteiger partial charge on any atom is -0.454 e. The number of nitrogens with zero attached hydrogens (tertiary/aromatic N) is 4. The van der Waals surface area contributed by atoms with Crippen molar-refractivity contribution in [3.63, 3.8) is 0 Å². The second-order valence-corrected chi connectivity index (χ2v) is 5.45. The van der Waals surface area contributed by atoms with Crippen LogP contribution in [0.25, 0.3) is 0 Å². The van der Waals surface area contributed by atoms with Crippen LogP contribution >= 0.6 is 24.0 Å². The third kappa shape index (κ3) is 5.76. The Bertz CT molecular complexity index is 677. The molecular formula is C16H23IN6O2. The summed E-state index contributed by atoms with van der Waals surface area (Å²) in [4.78, 5) is 4.24. The molecule has 3 rings (SSSR count). The minimum atomic E-state index is 0. The summed E-state index contributed by atoms with van der Waals surface area (Å²) in [6.07, 6.45) is 5.58. The van der Waals surface area contributed by atoms with Gasteiger partial charge >= 0.3 is 0 Å². The number of aryl methyl sites for hydroxylation is 1. The smallest absolute Gasteiger partial charge is 0.231 e. The molecule has 2 heterocycles. The molecular weight excluding hydrogens is 435 g/mol. The van der Waals surface area contributed by atoms with Crippen molar-refractivity contribution in [2.75, 3.05) is 20.4 Å². The van der Waals surface area contributed by atoms with Gasteiger partial charge in [-0.1, -0.05) is 6.07 Å². The number of ether oxygens (including phenoxy) is 2. The highest BCUT2D eigenvalue weighted by atomic mass is 127. The Hall–Kier alpha value is -2.04. The minimum absolute atomic E-state index is 0. The van der Waals surface area contributed by atoms with Gasteiger partial charge in [0.1, 0.15) is 12.7 Å². The first-order valence-corrected chi connectivity index (χ1v) is 8.00. The number of halogens is 1. The van der Waals surface area contributed by atoms with Crippen LogP contribution in [-0.4, -0.2) is 41.1 Å². The van der Waals surface area contributed by atoms with Crippen LogP contribution in [0.1, 0.15) is 18.4 Å². The predicted molar refractivity (Wildman–Crippen MR) is 105 cm³/mol. The Morgan fingerprint density at radius 2 is 1.96 bits per heavy atom. The molecule has 0 aliphatic carbocycles. The van der Waals surface area contributed by atoms with E-state index in [1.807, 2.05) is 22.8 Å². The zero-order chi connectivity index (χ0) is 16.6. The molecule has 0 bridgehead atoms. The SMILES string of the molecule is CN=C(NCCCCn1cnnc1)NCc1ccc2c(c1)OCO2.I. The van der Waals surface area contributed by atoms with Gasteiger partial charge in [0, 0.05) is 26.7 Å². The molecule has 136 valence electrons. The van der Waals surface area contributed by atoms with E-state index in [0.717, 1.165) is 49.0 Å². The van der Waals surface area contributed by atoms with E-state index in [1.54, 1.807) is 19.7 Å². The number of unbranched alkanes of at least 4 members (excludes halogenated alkanes) is 1. The van der Waals surface area contributed by atoms with E-state index in [1.165, 1.54) is 0 Å². The molecule has 2 N–H and O–H groups in total. The fraction of sp³-hybridized carbons (Fsp3) is 0.438. The maximum absolute atomic E-state index is 5.39. The monoisotopic (exact) mass is 458 g/mol. The molecule has 1 aromatic carbocycles. The second kappa shape index (κ2) is 10.1. The van der Waals surface area contributed by atoms with Crippen LogP contribution in [0.4, 0.5) is 0 Å². The van der Waals surface area contributed by atoms with Crippen molar-refractivity contribution in [2.45, 2.75) is 25.9 Å². The average Bonchev–Trinajstić information content (AvgIpc) is 3.28. The first kappa shape index (κ1) is 19.3. The van der Waals surface area contributed by atoms with Crippen LogP contribution in [0, 0.1) is 0 Å². The average molecular weight is 458 g/mol. The third-order valence-corrected chi connectivity index (χ3v) is 3.72. The third-order valence-electron chi connectivity index (χ3n) is 3.72. The van der Waals surface area contributed by atoms with Gasteiger partial charge in [0.2, 0.25) is 6.79 Å². The number of aromatic nitrogens is 3. The summed E-state index contributed by atoms with van der Waals surface area (Å²) in [6.45, 7) is 2.77. The molecule has 0 atom stereocenters. The van der Waals surface area contributed by atoms with Gasteiger partial charge < -0.3 is 24.7 Å². The number of hydrogen-bond acceptors (Lipinski definition) is 5. The number of rotatable bonds is 7. The standard InChI is InChI=1S/C16H22N6O2.HI/c1-17-16(18-6-2-3-7-22-10-20-21-11-22)19-9-13-4-5-14-15(8-13)24-12-23-14;/h4-5,8,10-11H,2-3,6-7,9,12H2,1H3,(H2,17,18,19);1H. The second-order valence-electron chi connectivity index (χ2n) is 5.45. The molecule has 1 aromatic heterocycles. The van der Waals surface area contributed by atoms with Gasteiger partial charge in [-0.05, 0) is 30.5 Å². The number of benzene rings is 1. The van der Waals surface area contributed by atoms with E-state index in [9.17, 15) is 0 Å². The number of fused-ring (bicyclic) bond motifs is 1. The van der Waals surface area contributed by atoms with Crippen molar-refractivity contribution < 1.29 is 9.47 Å². The first-order chi connectivity index (χ1) is 11.8. The molecule has 0 amide bonds. The molecule has 0 radical (unpaired) electrons. The van der Waals surface area contributed by atoms with Crippen molar-refractivity contribution in [3.8, 4) is 11.5 Å². The van der Waals surface area contributed by atoms with Gasteiger partial charge in [0.15, 0.2) is 17.5 Å². The topological polar surface area (TPSA) is 85.6 Å². The Morgan fingerprint density at radius 3 is 2.76 bits per heavy atom. The molecule has 1 aliphatic rings. The number of nitrogens with one attached hydrogen (secondary N) is 2. The summed E-state index contributed by atoms with van der Waals surface area (Å²) in [5, 5.41) is 14.2. The van der Waals surface area contributed by atoms with E-state index in [0.29, 0.717) is 13.3 Å².